The molecule has 1 nitrogen and oxygen atoms in total. The summed E-state index contributed by atoms with van der Waals surface area (Å²) in [6.45, 7) is 19.8. The average Bonchev–Trinajstić information content (AvgIpc) is 2.51. The third-order valence-electron chi connectivity index (χ3n) is 5.09. The average molecular weight is 402 g/mol. The Bertz CT molecular complexity index is 237. The molecule has 0 saturated heterocycles. The van der Waals surface area contributed by atoms with Gasteiger partial charge in [0, 0.05) is 0 Å². The van der Waals surface area contributed by atoms with Crippen LogP contribution in [0.5, 0.6) is 0 Å². The van der Waals surface area contributed by atoms with E-state index in [-0.39, 0.29) is 0 Å². The summed E-state index contributed by atoms with van der Waals surface area (Å²) in [5.74, 6) is 0. The number of hydrogen-bond acceptors (Lipinski definition) is 1. The molecule has 0 aliphatic heterocycles. The SMILES string of the molecule is C=[C](CN(CC)CC)[Sn]([CH2]CCC)([CH2]CCC)[CH2]CCC. The molecule has 0 rings (SSSR count). The normalized spacial score (nSPS) is 12.1. The van der Waals surface area contributed by atoms with Crippen LogP contribution in [0.3, 0.4) is 0 Å². The minimum absolute atomic E-state index is 1.17. The second kappa shape index (κ2) is 13.0. The maximum absolute atomic E-state index is 4.67. The van der Waals surface area contributed by atoms with Crippen LogP contribution in [0.25, 0.3) is 0 Å². The Labute approximate surface area is 139 Å². The van der Waals surface area contributed by atoms with Crippen LogP contribution in [-0.2, 0) is 0 Å². The molecular formula is C19H41NSn. The van der Waals surface area contributed by atoms with Crippen molar-refractivity contribution < 1.29 is 0 Å². The number of unbranched alkanes of at least 4 members (excludes halogenated alkanes) is 3. The monoisotopic (exact) mass is 403 g/mol. The van der Waals surface area contributed by atoms with Gasteiger partial charge in [0.1, 0.15) is 0 Å². The van der Waals surface area contributed by atoms with Crippen LogP contribution in [0, 0.1) is 0 Å². The fourth-order valence-corrected chi connectivity index (χ4v) is 18.9. The Morgan fingerprint density at radius 1 is 0.762 bits per heavy atom. The standard InChI is InChI=1S/C7H14N.3C4H9.Sn/c1-4-7-8(5-2)6-3;3*1-3-4-2;/h1,5-7H2,2-3H3;3*1,3-4H2,2H3;. The molecule has 0 unspecified atom stereocenters. The summed E-state index contributed by atoms with van der Waals surface area (Å²) in [6, 6.07) is 0. The summed E-state index contributed by atoms with van der Waals surface area (Å²) in [4.78, 5) is 2.58. The minimum atomic E-state index is -2.16. The van der Waals surface area contributed by atoms with Crippen LogP contribution in [0.1, 0.15) is 73.1 Å². The third-order valence-corrected chi connectivity index (χ3v) is 21.0. The first-order valence-electron chi connectivity index (χ1n) is 9.50. The van der Waals surface area contributed by atoms with Gasteiger partial charge in [0.2, 0.25) is 0 Å². The zero-order valence-corrected chi connectivity index (χ0v) is 18.5. The Morgan fingerprint density at radius 2 is 1.14 bits per heavy atom. The Kier molecular flexibility index (Phi) is 13.3. The summed E-state index contributed by atoms with van der Waals surface area (Å²) >= 11 is -2.16. The van der Waals surface area contributed by atoms with Crippen molar-refractivity contribution in [1.29, 1.82) is 0 Å². The van der Waals surface area contributed by atoms with Crippen molar-refractivity contribution in [3.05, 3.63) is 10.2 Å². The summed E-state index contributed by atoms with van der Waals surface area (Å²) < 4.78 is 6.41. The molecule has 0 fully saturated rings. The van der Waals surface area contributed by atoms with E-state index < -0.39 is 18.4 Å². The van der Waals surface area contributed by atoms with Gasteiger partial charge in [-0.15, -0.1) is 0 Å². The maximum atomic E-state index is 4.67. The van der Waals surface area contributed by atoms with Gasteiger partial charge in [-0.05, 0) is 0 Å². The molecule has 0 aromatic rings. The molecule has 0 saturated carbocycles. The van der Waals surface area contributed by atoms with Gasteiger partial charge in [-0.3, -0.25) is 0 Å². The Balaban J connectivity index is 5.02. The van der Waals surface area contributed by atoms with Crippen LogP contribution in [0.15, 0.2) is 10.2 Å². The van der Waals surface area contributed by atoms with Gasteiger partial charge in [0.25, 0.3) is 0 Å². The van der Waals surface area contributed by atoms with E-state index in [9.17, 15) is 0 Å². The van der Waals surface area contributed by atoms with Gasteiger partial charge in [0.05, 0.1) is 0 Å². The van der Waals surface area contributed by atoms with Crippen molar-refractivity contribution in [2.45, 2.75) is 86.5 Å². The van der Waals surface area contributed by atoms with E-state index in [1.54, 1.807) is 16.9 Å². The molecule has 0 spiro atoms. The first-order chi connectivity index (χ1) is 10.1. The molecule has 0 aliphatic rings. The van der Waals surface area contributed by atoms with Crippen molar-refractivity contribution >= 4 is 18.4 Å². The third kappa shape index (κ3) is 8.06. The first-order valence-corrected chi connectivity index (χ1v) is 17.0. The van der Waals surface area contributed by atoms with E-state index in [0.29, 0.717) is 0 Å². The Hall–Kier alpha value is 0.499. The van der Waals surface area contributed by atoms with E-state index in [1.807, 2.05) is 0 Å². The van der Waals surface area contributed by atoms with Gasteiger partial charge in [0.15, 0.2) is 0 Å². The molecule has 0 heterocycles. The first kappa shape index (κ1) is 21.5. The molecule has 0 aliphatic carbocycles. The fraction of sp³-hybridized carbons (Fsp3) is 0.895. The zero-order valence-electron chi connectivity index (χ0n) is 15.6. The molecule has 2 heteroatoms. The predicted octanol–water partition coefficient (Wildman–Crippen LogP) is 6.27. The molecule has 0 aromatic carbocycles. The van der Waals surface area contributed by atoms with Crippen molar-refractivity contribution in [3.63, 3.8) is 0 Å². The topological polar surface area (TPSA) is 3.24 Å². The molecule has 126 valence electrons. The number of hydrogen-bond donors (Lipinski definition) is 0. The summed E-state index contributed by atoms with van der Waals surface area (Å²) in [7, 11) is 0. The van der Waals surface area contributed by atoms with Crippen LogP contribution in [0.4, 0.5) is 0 Å². The summed E-state index contributed by atoms with van der Waals surface area (Å²) in [5, 5.41) is 0. The van der Waals surface area contributed by atoms with Crippen molar-refractivity contribution in [2.75, 3.05) is 19.6 Å². The fourth-order valence-electron chi connectivity index (χ4n) is 3.34. The number of nitrogens with zero attached hydrogens (tertiary/aromatic N) is 1. The molecule has 0 aromatic heterocycles. The Morgan fingerprint density at radius 3 is 1.43 bits per heavy atom. The predicted molar refractivity (Wildman–Crippen MR) is 102 cm³/mol. The molecular weight excluding hydrogens is 361 g/mol. The van der Waals surface area contributed by atoms with Crippen LogP contribution in [-0.4, -0.2) is 42.9 Å². The van der Waals surface area contributed by atoms with Crippen LogP contribution in [0.2, 0.25) is 13.3 Å². The molecule has 0 N–H and O–H groups in total. The van der Waals surface area contributed by atoms with Crippen molar-refractivity contribution in [2.24, 2.45) is 0 Å². The molecule has 0 amide bonds. The van der Waals surface area contributed by atoms with Gasteiger partial charge < -0.3 is 0 Å². The second-order valence-corrected chi connectivity index (χ2v) is 20.3. The molecule has 0 radical (unpaired) electrons. The van der Waals surface area contributed by atoms with E-state index in [0.717, 1.165) is 0 Å². The van der Waals surface area contributed by atoms with Crippen molar-refractivity contribution in [3.8, 4) is 0 Å². The van der Waals surface area contributed by atoms with Crippen molar-refractivity contribution in [1.82, 2.24) is 4.90 Å². The summed E-state index contributed by atoms with van der Waals surface area (Å²) in [6.07, 6.45) is 8.41. The van der Waals surface area contributed by atoms with E-state index in [4.69, 9.17) is 0 Å². The molecule has 0 atom stereocenters. The van der Waals surface area contributed by atoms with Gasteiger partial charge in [-0.1, -0.05) is 0 Å². The van der Waals surface area contributed by atoms with E-state index >= 15 is 0 Å². The quantitative estimate of drug-likeness (QED) is 0.310. The van der Waals surface area contributed by atoms with Crippen LogP contribution >= 0.6 is 0 Å². The van der Waals surface area contributed by atoms with Gasteiger partial charge in [-0.2, -0.15) is 0 Å². The summed E-state index contributed by atoms with van der Waals surface area (Å²) in [5.41, 5.74) is 0. The van der Waals surface area contributed by atoms with Crippen LogP contribution < -0.4 is 0 Å². The van der Waals surface area contributed by atoms with E-state index in [1.165, 1.54) is 58.2 Å². The van der Waals surface area contributed by atoms with E-state index in [2.05, 4.69) is 46.1 Å². The second-order valence-electron chi connectivity index (χ2n) is 6.66. The number of likely N-dealkylation sites (N-methyl/N-ethyl adjacent to an activating group) is 1. The van der Waals surface area contributed by atoms with Gasteiger partial charge >= 0.3 is 140 Å². The van der Waals surface area contributed by atoms with Gasteiger partial charge in [-0.25, -0.2) is 0 Å². The molecule has 0 bridgehead atoms. The number of rotatable bonds is 14. The zero-order chi connectivity index (χ0) is 16.1. The molecule has 21 heavy (non-hydrogen) atoms.